The van der Waals surface area contributed by atoms with E-state index in [-0.39, 0.29) is 18.1 Å². The lowest BCUT2D eigenvalue weighted by molar-refractivity contribution is -0.155. The molecule has 1 saturated heterocycles. The van der Waals surface area contributed by atoms with Crippen molar-refractivity contribution in [3.05, 3.63) is 35.4 Å². The fraction of sp³-hybridized carbons (Fsp3) is 0.500. The topological polar surface area (TPSA) is 38.3 Å². The third kappa shape index (κ3) is 1.57. The summed E-state index contributed by atoms with van der Waals surface area (Å²) in [5.74, 6) is -0.151. The first-order valence-corrected chi connectivity index (χ1v) is 5.95. The lowest BCUT2D eigenvalue weighted by Crippen LogP contribution is -2.74. The molecular weight excluding hydrogens is 214 g/mol. The minimum absolute atomic E-state index is 0.103. The number of esters is 1. The van der Waals surface area contributed by atoms with Gasteiger partial charge in [-0.25, -0.2) is 0 Å². The van der Waals surface area contributed by atoms with E-state index in [1.807, 2.05) is 39.0 Å². The van der Waals surface area contributed by atoms with Gasteiger partial charge in [-0.05, 0) is 26.3 Å². The predicted octanol–water partition coefficient (Wildman–Crippen LogP) is 1.79. The van der Waals surface area contributed by atoms with E-state index in [2.05, 4.69) is 11.4 Å². The number of rotatable bonds is 2. The van der Waals surface area contributed by atoms with Gasteiger partial charge in [0.25, 0.3) is 0 Å². The molecule has 0 radical (unpaired) electrons. The zero-order valence-corrected chi connectivity index (χ0v) is 10.8. The average molecular weight is 233 g/mol. The van der Waals surface area contributed by atoms with Crippen LogP contribution in [-0.4, -0.2) is 25.2 Å². The van der Waals surface area contributed by atoms with Gasteiger partial charge in [-0.1, -0.05) is 29.8 Å². The number of carbonyl (C=O) groups is 1. The van der Waals surface area contributed by atoms with Gasteiger partial charge in [0.05, 0.1) is 7.11 Å². The Kier molecular flexibility index (Phi) is 2.96. The highest BCUT2D eigenvalue weighted by Gasteiger charge is 2.58. The van der Waals surface area contributed by atoms with Crippen LogP contribution in [0, 0.1) is 6.92 Å². The molecule has 3 heteroatoms. The van der Waals surface area contributed by atoms with Crippen molar-refractivity contribution in [2.75, 3.05) is 7.11 Å². The largest absolute Gasteiger partial charge is 0.468 e. The van der Waals surface area contributed by atoms with Crippen molar-refractivity contribution in [2.45, 2.75) is 38.3 Å². The van der Waals surface area contributed by atoms with Gasteiger partial charge in [0.1, 0.15) is 5.41 Å². The van der Waals surface area contributed by atoms with E-state index in [0.717, 1.165) is 11.1 Å². The normalized spacial score (nSPS) is 31.8. The molecule has 0 aliphatic carbocycles. The van der Waals surface area contributed by atoms with Crippen LogP contribution in [0.1, 0.15) is 25.0 Å². The number of hydrogen-bond acceptors (Lipinski definition) is 3. The molecular formula is C14H19NO2. The van der Waals surface area contributed by atoms with Crippen molar-refractivity contribution < 1.29 is 9.53 Å². The molecule has 0 bridgehead atoms. The van der Waals surface area contributed by atoms with Gasteiger partial charge >= 0.3 is 5.97 Å². The molecule has 0 spiro atoms. The van der Waals surface area contributed by atoms with E-state index in [1.54, 1.807) is 0 Å². The Balaban J connectivity index is 2.52. The fourth-order valence-corrected chi connectivity index (χ4v) is 2.96. The minimum atomic E-state index is -0.541. The molecule has 2 rings (SSSR count). The van der Waals surface area contributed by atoms with Crippen LogP contribution < -0.4 is 5.32 Å². The van der Waals surface area contributed by atoms with Gasteiger partial charge in [0.2, 0.25) is 0 Å². The van der Waals surface area contributed by atoms with Crippen LogP contribution in [0.5, 0.6) is 0 Å². The van der Waals surface area contributed by atoms with Crippen LogP contribution >= 0.6 is 0 Å². The molecule has 0 amide bonds. The van der Waals surface area contributed by atoms with Crippen molar-refractivity contribution in [1.29, 1.82) is 0 Å². The van der Waals surface area contributed by atoms with E-state index in [0.29, 0.717) is 0 Å². The maximum absolute atomic E-state index is 12.2. The van der Waals surface area contributed by atoms with Gasteiger partial charge in [0, 0.05) is 12.1 Å². The Morgan fingerprint density at radius 1 is 1.35 bits per heavy atom. The van der Waals surface area contributed by atoms with Crippen molar-refractivity contribution in [3.63, 3.8) is 0 Å². The lowest BCUT2D eigenvalue weighted by atomic mass is 9.63. The molecule has 17 heavy (non-hydrogen) atoms. The maximum Gasteiger partial charge on any atom is 0.319 e. The summed E-state index contributed by atoms with van der Waals surface area (Å²) in [6.45, 7) is 6.09. The first-order chi connectivity index (χ1) is 8.03. The van der Waals surface area contributed by atoms with E-state index in [1.165, 1.54) is 7.11 Å². The number of ether oxygens (including phenoxy) is 1. The van der Waals surface area contributed by atoms with Gasteiger partial charge < -0.3 is 10.1 Å². The van der Waals surface area contributed by atoms with Crippen molar-refractivity contribution in [2.24, 2.45) is 0 Å². The third-order valence-corrected chi connectivity index (χ3v) is 3.88. The van der Waals surface area contributed by atoms with Crippen LogP contribution in [0.2, 0.25) is 0 Å². The van der Waals surface area contributed by atoms with Crippen molar-refractivity contribution in [3.8, 4) is 0 Å². The first-order valence-electron chi connectivity index (χ1n) is 5.95. The predicted molar refractivity (Wildman–Crippen MR) is 66.9 cm³/mol. The smallest absolute Gasteiger partial charge is 0.319 e. The zero-order valence-electron chi connectivity index (χ0n) is 10.8. The molecule has 1 aromatic carbocycles. The van der Waals surface area contributed by atoms with E-state index in [4.69, 9.17) is 4.74 Å². The fourth-order valence-electron chi connectivity index (χ4n) is 2.96. The SMILES string of the molecule is COC(=O)C1(c2cccc(C)c2)C(C)NC1C. The molecule has 0 saturated carbocycles. The highest BCUT2D eigenvalue weighted by Crippen LogP contribution is 2.40. The Morgan fingerprint density at radius 2 is 2.00 bits per heavy atom. The molecule has 3 nitrogen and oxygen atoms in total. The third-order valence-electron chi connectivity index (χ3n) is 3.88. The van der Waals surface area contributed by atoms with Crippen molar-refractivity contribution in [1.82, 2.24) is 5.32 Å². The Bertz CT molecular complexity index is 434. The highest BCUT2D eigenvalue weighted by molar-refractivity contribution is 5.87. The molecule has 2 atom stereocenters. The van der Waals surface area contributed by atoms with Gasteiger partial charge in [-0.3, -0.25) is 4.79 Å². The summed E-state index contributed by atoms with van der Waals surface area (Å²) in [7, 11) is 1.46. The molecule has 1 aliphatic heterocycles. The van der Waals surface area contributed by atoms with Gasteiger partial charge in [-0.15, -0.1) is 0 Å². The number of aryl methyl sites for hydroxylation is 1. The van der Waals surface area contributed by atoms with E-state index < -0.39 is 5.41 Å². The van der Waals surface area contributed by atoms with Crippen LogP contribution in [0.4, 0.5) is 0 Å². The number of benzene rings is 1. The van der Waals surface area contributed by atoms with Crippen LogP contribution in [-0.2, 0) is 14.9 Å². The van der Waals surface area contributed by atoms with Crippen LogP contribution in [0.15, 0.2) is 24.3 Å². The maximum atomic E-state index is 12.2. The summed E-state index contributed by atoms with van der Waals surface area (Å²) < 4.78 is 5.01. The molecule has 2 unspecified atom stereocenters. The van der Waals surface area contributed by atoms with E-state index in [9.17, 15) is 4.79 Å². The highest BCUT2D eigenvalue weighted by atomic mass is 16.5. The number of methoxy groups -OCH3 is 1. The second-order valence-electron chi connectivity index (χ2n) is 4.84. The van der Waals surface area contributed by atoms with Gasteiger partial charge in [-0.2, -0.15) is 0 Å². The standard InChI is InChI=1S/C14H19NO2/c1-9-6-5-7-12(8-9)14(13(16)17-4)10(2)15-11(14)3/h5-8,10-11,15H,1-4H3. The molecule has 1 aliphatic rings. The van der Waals surface area contributed by atoms with Crippen molar-refractivity contribution >= 4 is 5.97 Å². The van der Waals surface area contributed by atoms with Crippen LogP contribution in [0.25, 0.3) is 0 Å². The van der Waals surface area contributed by atoms with Crippen LogP contribution in [0.3, 0.4) is 0 Å². The molecule has 1 heterocycles. The second-order valence-corrected chi connectivity index (χ2v) is 4.84. The molecule has 1 fully saturated rings. The Hall–Kier alpha value is -1.35. The molecule has 0 aromatic heterocycles. The molecule has 1 aromatic rings. The summed E-state index contributed by atoms with van der Waals surface area (Å²) in [5.41, 5.74) is 1.67. The summed E-state index contributed by atoms with van der Waals surface area (Å²) >= 11 is 0. The number of nitrogens with one attached hydrogen (secondary N) is 1. The quantitative estimate of drug-likeness (QED) is 0.791. The average Bonchev–Trinajstić information content (AvgIpc) is 2.29. The summed E-state index contributed by atoms with van der Waals surface area (Å²) in [6.07, 6.45) is 0. The summed E-state index contributed by atoms with van der Waals surface area (Å²) in [5, 5.41) is 3.33. The first kappa shape index (κ1) is 12.1. The molecule has 1 N–H and O–H groups in total. The molecule has 92 valence electrons. The minimum Gasteiger partial charge on any atom is -0.468 e. The Labute approximate surface area is 102 Å². The second kappa shape index (κ2) is 4.15. The van der Waals surface area contributed by atoms with E-state index >= 15 is 0 Å². The Morgan fingerprint density at radius 3 is 2.47 bits per heavy atom. The monoisotopic (exact) mass is 233 g/mol. The number of hydrogen-bond donors (Lipinski definition) is 1. The number of carbonyl (C=O) groups excluding carboxylic acids is 1. The summed E-state index contributed by atoms with van der Waals surface area (Å²) in [4.78, 5) is 12.2. The summed E-state index contributed by atoms with van der Waals surface area (Å²) in [6, 6.07) is 8.32. The zero-order chi connectivity index (χ0) is 12.6. The lowest BCUT2D eigenvalue weighted by Gasteiger charge is -2.52. The van der Waals surface area contributed by atoms with Gasteiger partial charge in [0.15, 0.2) is 0 Å².